The average Bonchev–Trinajstić information content (AvgIpc) is 2.38. The van der Waals surface area contributed by atoms with E-state index >= 15 is 0 Å². The molecule has 2 nitrogen and oxygen atoms in total. The zero-order chi connectivity index (χ0) is 7.40. The van der Waals surface area contributed by atoms with E-state index in [2.05, 4.69) is 0 Å². The van der Waals surface area contributed by atoms with Crippen LogP contribution in [-0.2, 0) is 9.53 Å². The number of hydrogen-bond acceptors (Lipinski definition) is 2. The van der Waals surface area contributed by atoms with Crippen molar-refractivity contribution in [2.45, 2.75) is 25.7 Å². The van der Waals surface area contributed by atoms with E-state index < -0.39 is 0 Å². The first kappa shape index (κ1) is 7.73. The van der Waals surface area contributed by atoms with Crippen molar-refractivity contribution in [1.82, 2.24) is 0 Å². The lowest BCUT2D eigenvalue weighted by atomic mass is 10.0. The Balaban J connectivity index is 2.25. The second kappa shape index (κ2) is 3.71. The number of ether oxygens (including phenoxy) is 1. The molecule has 1 rings (SSSR count). The average molecular weight is 142 g/mol. The summed E-state index contributed by atoms with van der Waals surface area (Å²) in [7, 11) is 1.58. The molecule has 0 aromatic heterocycles. The summed E-state index contributed by atoms with van der Waals surface area (Å²) in [5.41, 5.74) is 0. The highest BCUT2D eigenvalue weighted by atomic mass is 16.5. The SMILES string of the molecule is COCC(=O)C1CCCC1. The Hall–Kier alpha value is -0.370. The van der Waals surface area contributed by atoms with E-state index in [0.29, 0.717) is 18.3 Å². The highest BCUT2D eigenvalue weighted by Gasteiger charge is 2.21. The van der Waals surface area contributed by atoms with Gasteiger partial charge in [-0.05, 0) is 12.8 Å². The fourth-order valence-electron chi connectivity index (χ4n) is 1.51. The van der Waals surface area contributed by atoms with Gasteiger partial charge in [0.2, 0.25) is 0 Å². The van der Waals surface area contributed by atoms with E-state index in [-0.39, 0.29) is 0 Å². The molecule has 0 unspecified atom stereocenters. The first-order chi connectivity index (χ1) is 4.84. The molecular formula is C8H14O2. The van der Waals surface area contributed by atoms with Gasteiger partial charge in [-0.2, -0.15) is 0 Å². The van der Waals surface area contributed by atoms with Gasteiger partial charge in [-0.25, -0.2) is 0 Å². The van der Waals surface area contributed by atoms with E-state index in [1.807, 2.05) is 0 Å². The van der Waals surface area contributed by atoms with Crippen LogP contribution in [0.5, 0.6) is 0 Å². The van der Waals surface area contributed by atoms with Gasteiger partial charge in [0, 0.05) is 13.0 Å². The lowest BCUT2D eigenvalue weighted by Gasteiger charge is -2.04. The van der Waals surface area contributed by atoms with E-state index in [1.165, 1.54) is 12.8 Å². The van der Waals surface area contributed by atoms with Gasteiger partial charge in [-0.1, -0.05) is 12.8 Å². The molecular weight excluding hydrogens is 128 g/mol. The number of rotatable bonds is 3. The molecule has 58 valence electrons. The number of carbonyl (C=O) groups excluding carboxylic acids is 1. The molecule has 0 atom stereocenters. The summed E-state index contributed by atoms with van der Waals surface area (Å²) in [4.78, 5) is 11.1. The molecule has 0 aliphatic heterocycles. The molecule has 10 heavy (non-hydrogen) atoms. The third kappa shape index (κ3) is 1.81. The van der Waals surface area contributed by atoms with Crippen LogP contribution in [0.25, 0.3) is 0 Å². The molecule has 0 radical (unpaired) electrons. The molecule has 0 bridgehead atoms. The molecule has 0 aromatic rings. The van der Waals surface area contributed by atoms with Crippen LogP contribution < -0.4 is 0 Å². The first-order valence-electron chi connectivity index (χ1n) is 3.86. The number of hydrogen-bond donors (Lipinski definition) is 0. The highest BCUT2D eigenvalue weighted by molar-refractivity contribution is 5.82. The molecule has 1 aliphatic rings. The zero-order valence-corrected chi connectivity index (χ0v) is 6.43. The predicted molar refractivity (Wildman–Crippen MR) is 38.8 cm³/mol. The molecule has 0 saturated heterocycles. The third-order valence-electron chi connectivity index (χ3n) is 2.10. The standard InChI is InChI=1S/C8H14O2/c1-10-6-8(9)7-4-2-3-5-7/h7H,2-6H2,1H3. The summed E-state index contributed by atoms with van der Waals surface area (Å²) in [6.45, 7) is 0.310. The maximum atomic E-state index is 11.1. The van der Waals surface area contributed by atoms with Gasteiger partial charge in [0.1, 0.15) is 6.61 Å². The first-order valence-corrected chi connectivity index (χ1v) is 3.86. The Morgan fingerprint density at radius 2 is 2.10 bits per heavy atom. The van der Waals surface area contributed by atoms with E-state index in [0.717, 1.165) is 12.8 Å². The van der Waals surface area contributed by atoms with Crippen LogP contribution in [0.1, 0.15) is 25.7 Å². The van der Waals surface area contributed by atoms with Gasteiger partial charge in [0.25, 0.3) is 0 Å². The summed E-state index contributed by atoms with van der Waals surface area (Å²) < 4.78 is 4.77. The summed E-state index contributed by atoms with van der Waals surface area (Å²) >= 11 is 0. The smallest absolute Gasteiger partial charge is 0.161 e. The van der Waals surface area contributed by atoms with Crippen molar-refractivity contribution in [3.63, 3.8) is 0 Å². The van der Waals surface area contributed by atoms with Gasteiger partial charge in [-0.3, -0.25) is 4.79 Å². The van der Waals surface area contributed by atoms with Crippen molar-refractivity contribution in [2.75, 3.05) is 13.7 Å². The molecule has 0 spiro atoms. The van der Waals surface area contributed by atoms with Crippen molar-refractivity contribution in [2.24, 2.45) is 5.92 Å². The fourth-order valence-corrected chi connectivity index (χ4v) is 1.51. The second-order valence-electron chi connectivity index (χ2n) is 2.88. The minimum Gasteiger partial charge on any atom is -0.377 e. The number of ketones is 1. The minimum atomic E-state index is 0.292. The van der Waals surface area contributed by atoms with Gasteiger partial charge < -0.3 is 4.74 Å². The molecule has 1 aliphatic carbocycles. The van der Waals surface area contributed by atoms with Crippen LogP contribution in [0.3, 0.4) is 0 Å². The monoisotopic (exact) mass is 142 g/mol. The highest BCUT2D eigenvalue weighted by Crippen LogP contribution is 2.25. The summed E-state index contributed by atoms with van der Waals surface area (Å²) in [5, 5.41) is 0. The quantitative estimate of drug-likeness (QED) is 0.595. The van der Waals surface area contributed by atoms with E-state index in [9.17, 15) is 4.79 Å². The lowest BCUT2D eigenvalue weighted by Crippen LogP contribution is -2.15. The lowest BCUT2D eigenvalue weighted by molar-refractivity contribution is -0.126. The fraction of sp³-hybridized carbons (Fsp3) is 0.875. The topological polar surface area (TPSA) is 26.3 Å². The largest absolute Gasteiger partial charge is 0.377 e. The second-order valence-corrected chi connectivity index (χ2v) is 2.88. The molecule has 2 heteroatoms. The molecule has 0 aromatic carbocycles. The van der Waals surface area contributed by atoms with E-state index in [4.69, 9.17) is 4.74 Å². The molecule has 1 fully saturated rings. The van der Waals surface area contributed by atoms with Crippen molar-refractivity contribution in [1.29, 1.82) is 0 Å². The van der Waals surface area contributed by atoms with Gasteiger partial charge in [0.05, 0.1) is 0 Å². The van der Waals surface area contributed by atoms with Gasteiger partial charge in [0.15, 0.2) is 5.78 Å². The van der Waals surface area contributed by atoms with Crippen LogP contribution in [0.15, 0.2) is 0 Å². The van der Waals surface area contributed by atoms with Crippen LogP contribution in [-0.4, -0.2) is 19.5 Å². The van der Waals surface area contributed by atoms with Crippen molar-refractivity contribution in [3.8, 4) is 0 Å². The Morgan fingerprint density at radius 3 is 2.60 bits per heavy atom. The van der Waals surface area contributed by atoms with Crippen LogP contribution >= 0.6 is 0 Å². The van der Waals surface area contributed by atoms with Crippen LogP contribution in [0, 0.1) is 5.92 Å². The molecule has 0 amide bonds. The summed E-state index contributed by atoms with van der Waals surface area (Å²) in [6, 6.07) is 0. The maximum absolute atomic E-state index is 11.1. The third-order valence-corrected chi connectivity index (χ3v) is 2.10. The molecule has 0 heterocycles. The number of methoxy groups -OCH3 is 1. The van der Waals surface area contributed by atoms with Crippen molar-refractivity contribution >= 4 is 5.78 Å². The van der Waals surface area contributed by atoms with E-state index in [1.54, 1.807) is 7.11 Å². The van der Waals surface area contributed by atoms with Gasteiger partial charge in [-0.15, -0.1) is 0 Å². The van der Waals surface area contributed by atoms with Gasteiger partial charge >= 0.3 is 0 Å². The predicted octanol–water partition coefficient (Wildman–Crippen LogP) is 1.39. The Bertz CT molecular complexity index is 114. The number of carbonyl (C=O) groups is 1. The molecule has 1 saturated carbocycles. The zero-order valence-electron chi connectivity index (χ0n) is 6.43. The minimum absolute atomic E-state index is 0.292. The maximum Gasteiger partial charge on any atom is 0.161 e. The Morgan fingerprint density at radius 1 is 1.50 bits per heavy atom. The normalized spacial score (nSPS) is 19.7. The summed E-state index contributed by atoms with van der Waals surface area (Å²) in [6.07, 6.45) is 4.62. The van der Waals surface area contributed by atoms with Crippen LogP contribution in [0.4, 0.5) is 0 Å². The Labute approximate surface area is 61.6 Å². The number of Topliss-reactive ketones (excluding diaryl/α,β-unsaturated/α-hetero) is 1. The van der Waals surface area contributed by atoms with Crippen molar-refractivity contribution < 1.29 is 9.53 Å². The van der Waals surface area contributed by atoms with Crippen LogP contribution in [0.2, 0.25) is 0 Å². The van der Waals surface area contributed by atoms with Crippen molar-refractivity contribution in [3.05, 3.63) is 0 Å². The summed E-state index contributed by atoms with van der Waals surface area (Å²) in [5.74, 6) is 0.611. The molecule has 0 N–H and O–H groups in total. The Kier molecular flexibility index (Phi) is 2.87.